The van der Waals surface area contributed by atoms with Crippen molar-refractivity contribution in [2.45, 2.75) is 0 Å². The first-order valence-electron chi connectivity index (χ1n) is 7.12. The predicted molar refractivity (Wildman–Crippen MR) is 93.0 cm³/mol. The lowest BCUT2D eigenvalue weighted by Crippen LogP contribution is -2.16. The van der Waals surface area contributed by atoms with E-state index < -0.39 is 15.8 Å². The van der Waals surface area contributed by atoms with Crippen LogP contribution in [-0.4, -0.2) is 19.2 Å². The van der Waals surface area contributed by atoms with E-state index in [4.69, 9.17) is 0 Å². The van der Waals surface area contributed by atoms with Crippen molar-refractivity contribution in [2.24, 2.45) is 7.05 Å². The first-order chi connectivity index (χ1) is 11.2. The summed E-state index contributed by atoms with van der Waals surface area (Å²) in [4.78, 5) is 12.2. The number of pyridine rings is 1. The summed E-state index contributed by atoms with van der Waals surface area (Å²) in [5, 5.41) is 0.882. The van der Waals surface area contributed by atoms with Gasteiger partial charge in [0.25, 0.3) is 5.56 Å². The van der Waals surface area contributed by atoms with Crippen LogP contribution in [-0.2, 0) is 17.1 Å². The van der Waals surface area contributed by atoms with Crippen LogP contribution >= 0.6 is 0 Å². The molecule has 3 aromatic rings. The van der Waals surface area contributed by atoms with Crippen LogP contribution in [0.15, 0.2) is 53.5 Å². The van der Waals surface area contributed by atoms with Crippen LogP contribution in [0, 0.1) is 5.82 Å². The summed E-state index contributed by atoms with van der Waals surface area (Å²) >= 11 is 0. The molecular weight excluding hydrogens is 331 g/mol. The number of anilines is 1. The number of sulfonamides is 1. The molecular formula is C17H15FN2O3S. The molecule has 0 amide bonds. The van der Waals surface area contributed by atoms with Crippen LogP contribution in [0.3, 0.4) is 0 Å². The molecule has 24 heavy (non-hydrogen) atoms. The summed E-state index contributed by atoms with van der Waals surface area (Å²) < 4.78 is 40.3. The van der Waals surface area contributed by atoms with Crippen molar-refractivity contribution in [3.05, 3.63) is 64.8 Å². The van der Waals surface area contributed by atoms with E-state index in [-0.39, 0.29) is 5.56 Å². The molecule has 0 atom stereocenters. The van der Waals surface area contributed by atoms with Gasteiger partial charge >= 0.3 is 0 Å². The van der Waals surface area contributed by atoms with Gasteiger partial charge in [0, 0.05) is 29.9 Å². The lowest BCUT2D eigenvalue weighted by atomic mass is 10.00. The number of nitrogens with zero attached hydrogens (tertiary/aromatic N) is 1. The summed E-state index contributed by atoms with van der Waals surface area (Å²) in [5.74, 6) is -0.442. The van der Waals surface area contributed by atoms with E-state index in [0.717, 1.165) is 6.26 Å². The number of rotatable bonds is 3. The highest BCUT2D eigenvalue weighted by Crippen LogP contribution is 2.29. The Hall–Kier alpha value is -2.67. The second kappa shape index (κ2) is 5.76. The van der Waals surface area contributed by atoms with Gasteiger partial charge in [-0.15, -0.1) is 0 Å². The molecule has 0 unspecified atom stereocenters. The number of aryl methyl sites for hydroxylation is 1. The van der Waals surface area contributed by atoms with Gasteiger partial charge in [-0.1, -0.05) is 12.1 Å². The minimum Gasteiger partial charge on any atom is -0.317 e. The van der Waals surface area contributed by atoms with Crippen LogP contribution in [0.5, 0.6) is 0 Å². The molecule has 0 saturated carbocycles. The number of nitrogens with one attached hydrogen (secondary N) is 1. The molecule has 124 valence electrons. The number of aromatic nitrogens is 1. The van der Waals surface area contributed by atoms with Crippen LogP contribution in [0.4, 0.5) is 10.1 Å². The molecule has 1 aromatic heterocycles. The zero-order valence-electron chi connectivity index (χ0n) is 13.1. The van der Waals surface area contributed by atoms with E-state index in [2.05, 4.69) is 4.72 Å². The summed E-state index contributed by atoms with van der Waals surface area (Å²) in [7, 11) is -1.79. The van der Waals surface area contributed by atoms with Crippen molar-refractivity contribution >= 4 is 26.5 Å². The van der Waals surface area contributed by atoms with Gasteiger partial charge < -0.3 is 4.57 Å². The Bertz CT molecular complexity index is 1100. The number of halogens is 1. The minimum atomic E-state index is -3.41. The maximum atomic E-state index is 13.7. The second-order valence-corrected chi connectivity index (χ2v) is 7.35. The number of benzene rings is 2. The molecule has 3 rings (SSSR count). The molecule has 0 aliphatic heterocycles. The summed E-state index contributed by atoms with van der Waals surface area (Å²) in [6, 6.07) is 10.7. The predicted octanol–water partition coefficient (Wildman–Crippen LogP) is 2.72. The first kappa shape index (κ1) is 16.2. The molecule has 0 fully saturated rings. The standard InChI is InChI=1S/C17H15FN2O3S/c1-20-10-16(15-9-12(18)6-7-14(15)17(20)21)11-4-3-5-13(8-11)19-24(2,22)23/h3-10,19H,1-2H3. The second-order valence-electron chi connectivity index (χ2n) is 5.60. The van der Waals surface area contributed by atoms with Gasteiger partial charge in [0.15, 0.2) is 0 Å². The molecule has 2 aromatic carbocycles. The maximum Gasteiger partial charge on any atom is 0.258 e. The average Bonchev–Trinajstić information content (AvgIpc) is 2.49. The molecule has 0 spiro atoms. The van der Waals surface area contributed by atoms with E-state index in [1.54, 1.807) is 37.5 Å². The highest BCUT2D eigenvalue weighted by molar-refractivity contribution is 7.92. The Morgan fingerprint density at radius 1 is 1.08 bits per heavy atom. The molecule has 1 N–H and O–H groups in total. The molecule has 5 nitrogen and oxygen atoms in total. The van der Waals surface area contributed by atoms with Crippen molar-refractivity contribution in [1.29, 1.82) is 0 Å². The largest absolute Gasteiger partial charge is 0.317 e. The van der Waals surface area contributed by atoms with Gasteiger partial charge in [-0.2, -0.15) is 0 Å². The fraction of sp³-hybridized carbons (Fsp3) is 0.118. The third-order valence-corrected chi connectivity index (χ3v) is 4.23. The molecule has 7 heteroatoms. The maximum absolute atomic E-state index is 13.7. The highest BCUT2D eigenvalue weighted by atomic mass is 32.2. The summed E-state index contributed by atoms with van der Waals surface area (Å²) in [6.45, 7) is 0. The van der Waals surface area contributed by atoms with Crippen molar-refractivity contribution in [1.82, 2.24) is 4.57 Å². The van der Waals surface area contributed by atoms with E-state index in [1.165, 1.54) is 22.8 Å². The van der Waals surface area contributed by atoms with E-state index in [1.807, 2.05) is 0 Å². The van der Waals surface area contributed by atoms with Gasteiger partial charge in [0.2, 0.25) is 10.0 Å². The van der Waals surface area contributed by atoms with Gasteiger partial charge in [-0.05, 0) is 41.3 Å². The quantitative estimate of drug-likeness (QED) is 0.793. The van der Waals surface area contributed by atoms with Crippen molar-refractivity contribution < 1.29 is 12.8 Å². The monoisotopic (exact) mass is 346 g/mol. The zero-order chi connectivity index (χ0) is 17.5. The van der Waals surface area contributed by atoms with Gasteiger partial charge in [0.1, 0.15) is 5.82 Å². The Labute approximate surface area is 138 Å². The fourth-order valence-corrected chi connectivity index (χ4v) is 3.19. The minimum absolute atomic E-state index is 0.223. The first-order valence-corrected chi connectivity index (χ1v) is 9.01. The van der Waals surface area contributed by atoms with Crippen molar-refractivity contribution in [3.8, 4) is 11.1 Å². The number of fused-ring (bicyclic) bond motifs is 1. The van der Waals surface area contributed by atoms with E-state index >= 15 is 0 Å². The number of hydrogen-bond donors (Lipinski definition) is 1. The highest BCUT2D eigenvalue weighted by Gasteiger charge is 2.11. The normalized spacial score (nSPS) is 11.6. The lowest BCUT2D eigenvalue weighted by molar-refractivity contribution is 0.607. The van der Waals surface area contributed by atoms with Gasteiger partial charge in [-0.25, -0.2) is 12.8 Å². The average molecular weight is 346 g/mol. The van der Waals surface area contributed by atoms with Gasteiger partial charge in [-0.3, -0.25) is 9.52 Å². The van der Waals surface area contributed by atoms with Crippen LogP contribution in [0.25, 0.3) is 21.9 Å². The van der Waals surface area contributed by atoms with E-state index in [9.17, 15) is 17.6 Å². The topological polar surface area (TPSA) is 68.2 Å². The lowest BCUT2D eigenvalue weighted by Gasteiger charge is -2.11. The van der Waals surface area contributed by atoms with E-state index in [0.29, 0.717) is 27.6 Å². The summed E-state index contributed by atoms with van der Waals surface area (Å²) in [5.41, 5.74) is 1.49. The zero-order valence-corrected chi connectivity index (χ0v) is 13.9. The Balaban J connectivity index is 2.27. The SMILES string of the molecule is Cn1cc(-c2cccc(NS(C)(=O)=O)c2)c2cc(F)ccc2c1=O. The molecule has 0 bridgehead atoms. The Morgan fingerprint density at radius 3 is 2.54 bits per heavy atom. The molecule has 0 radical (unpaired) electrons. The third kappa shape index (κ3) is 3.16. The summed E-state index contributed by atoms with van der Waals surface area (Å²) in [6.07, 6.45) is 2.68. The van der Waals surface area contributed by atoms with Gasteiger partial charge in [0.05, 0.1) is 6.26 Å². The Morgan fingerprint density at radius 2 is 1.83 bits per heavy atom. The third-order valence-electron chi connectivity index (χ3n) is 3.62. The molecule has 0 aliphatic rings. The Kier molecular flexibility index (Phi) is 3.88. The molecule has 0 aliphatic carbocycles. The number of hydrogen-bond acceptors (Lipinski definition) is 3. The fourth-order valence-electron chi connectivity index (χ4n) is 2.63. The molecule has 0 saturated heterocycles. The van der Waals surface area contributed by atoms with Crippen LogP contribution < -0.4 is 10.3 Å². The van der Waals surface area contributed by atoms with Crippen LogP contribution in [0.2, 0.25) is 0 Å². The van der Waals surface area contributed by atoms with Crippen molar-refractivity contribution in [2.75, 3.05) is 11.0 Å². The van der Waals surface area contributed by atoms with Crippen LogP contribution in [0.1, 0.15) is 0 Å². The molecule has 1 heterocycles. The van der Waals surface area contributed by atoms with Crippen molar-refractivity contribution in [3.63, 3.8) is 0 Å². The smallest absolute Gasteiger partial charge is 0.258 e.